The molecule has 1 aliphatic rings. The number of anilines is 2. The van der Waals surface area contributed by atoms with Gasteiger partial charge >= 0.3 is 0 Å². The number of rotatable bonds is 5. The highest BCUT2D eigenvalue weighted by Crippen LogP contribution is 2.37. The summed E-state index contributed by atoms with van der Waals surface area (Å²) < 4.78 is 43.7. The number of carbonyl (C=O) groups excluding carboxylic acids is 1. The van der Waals surface area contributed by atoms with Crippen molar-refractivity contribution in [1.82, 2.24) is 0 Å². The maximum absolute atomic E-state index is 12.8. The quantitative estimate of drug-likeness (QED) is 0.810. The Kier molecular flexibility index (Phi) is 5.07. The standard InChI is InChI=1S/C17H17ClN2O6S/c1-20-12-6-10(4-5-13(12)26-9-17(20)21)19-27(22,23)16-7-11(18)14(24-2)8-15(16)25-3/h4-8,19H,9H2,1-3H3. The van der Waals surface area contributed by atoms with Gasteiger partial charge in [0.25, 0.3) is 15.9 Å². The predicted octanol–water partition coefficient (Wildman–Crippen LogP) is 2.51. The van der Waals surface area contributed by atoms with Crippen molar-refractivity contribution < 1.29 is 27.4 Å². The molecule has 27 heavy (non-hydrogen) atoms. The highest BCUT2D eigenvalue weighted by Gasteiger charge is 2.25. The smallest absolute Gasteiger partial charge is 0.265 e. The van der Waals surface area contributed by atoms with Gasteiger partial charge in [0.15, 0.2) is 6.61 Å². The predicted molar refractivity (Wildman–Crippen MR) is 101 cm³/mol. The number of nitrogens with zero attached hydrogens (tertiary/aromatic N) is 1. The summed E-state index contributed by atoms with van der Waals surface area (Å²) in [4.78, 5) is 13.0. The van der Waals surface area contributed by atoms with Crippen LogP contribution in [0.1, 0.15) is 0 Å². The zero-order valence-electron chi connectivity index (χ0n) is 14.8. The van der Waals surface area contributed by atoms with Crippen molar-refractivity contribution in [3.05, 3.63) is 35.4 Å². The number of likely N-dealkylation sites (N-methyl/N-ethyl adjacent to an activating group) is 1. The molecule has 0 aromatic heterocycles. The SMILES string of the molecule is COc1cc(OC)c(S(=O)(=O)Nc2ccc3c(c2)N(C)C(=O)CO3)cc1Cl. The first kappa shape index (κ1) is 19.1. The first-order chi connectivity index (χ1) is 12.8. The lowest BCUT2D eigenvalue weighted by atomic mass is 10.2. The third-order valence-electron chi connectivity index (χ3n) is 4.03. The molecule has 0 fully saturated rings. The second-order valence-corrected chi connectivity index (χ2v) is 7.73. The van der Waals surface area contributed by atoms with E-state index in [1.807, 2.05) is 0 Å². The van der Waals surface area contributed by atoms with Crippen molar-refractivity contribution in [3.63, 3.8) is 0 Å². The molecule has 0 unspecified atom stereocenters. The molecule has 2 aromatic rings. The highest BCUT2D eigenvalue weighted by molar-refractivity contribution is 7.92. The Morgan fingerprint density at radius 2 is 1.85 bits per heavy atom. The fourth-order valence-electron chi connectivity index (χ4n) is 2.59. The van der Waals surface area contributed by atoms with Crippen LogP contribution in [0.15, 0.2) is 35.2 Å². The van der Waals surface area contributed by atoms with E-state index in [2.05, 4.69) is 4.72 Å². The van der Waals surface area contributed by atoms with E-state index in [-0.39, 0.29) is 33.9 Å². The van der Waals surface area contributed by atoms with E-state index < -0.39 is 10.0 Å². The van der Waals surface area contributed by atoms with E-state index in [1.165, 1.54) is 43.4 Å². The van der Waals surface area contributed by atoms with Gasteiger partial charge < -0.3 is 19.1 Å². The minimum Gasteiger partial charge on any atom is -0.495 e. The molecule has 1 heterocycles. The molecule has 8 nitrogen and oxygen atoms in total. The van der Waals surface area contributed by atoms with E-state index in [1.54, 1.807) is 13.1 Å². The summed E-state index contributed by atoms with van der Waals surface area (Å²) in [5.41, 5.74) is 0.721. The summed E-state index contributed by atoms with van der Waals surface area (Å²) in [5, 5.41) is 0.128. The molecule has 3 rings (SSSR count). The molecule has 0 atom stereocenters. The van der Waals surface area contributed by atoms with Crippen molar-refractivity contribution in [3.8, 4) is 17.2 Å². The van der Waals surface area contributed by atoms with Gasteiger partial charge in [0, 0.05) is 13.1 Å². The van der Waals surface area contributed by atoms with Crippen molar-refractivity contribution in [2.24, 2.45) is 0 Å². The Morgan fingerprint density at radius 3 is 2.52 bits per heavy atom. The van der Waals surface area contributed by atoms with Gasteiger partial charge in [-0.25, -0.2) is 8.42 Å². The summed E-state index contributed by atoms with van der Waals surface area (Å²) in [5.74, 6) is 0.632. The van der Waals surface area contributed by atoms with Crippen molar-refractivity contribution in [1.29, 1.82) is 0 Å². The molecule has 0 radical (unpaired) electrons. The molecule has 2 aromatic carbocycles. The van der Waals surface area contributed by atoms with Gasteiger partial charge in [0.1, 0.15) is 22.1 Å². The van der Waals surface area contributed by atoms with E-state index in [4.69, 9.17) is 25.8 Å². The molecule has 0 spiro atoms. The number of hydrogen-bond acceptors (Lipinski definition) is 6. The molecule has 0 saturated heterocycles. The lowest BCUT2D eigenvalue weighted by Gasteiger charge is -2.26. The second-order valence-electron chi connectivity index (χ2n) is 5.67. The average molecular weight is 413 g/mol. The van der Waals surface area contributed by atoms with Crippen LogP contribution < -0.4 is 23.8 Å². The molecular weight excluding hydrogens is 396 g/mol. The lowest BCUT2D eigenvalue weighted by molar-refractivity contribution is -0.120. The van der Waals surface area contributed by atoms with Crippen LogP contribution in [0.2, 0.25) is 5.02 Å². The van der Waals surface area contributed by atoms with Gasteiger partial charge in [-0.05, 0) is 24.3 Å². The van der Waals surface area contributed by atoms with Gasteiger partial charge in [-0.15, -0.1) is 0 Å². The first-order valence-corrected chi connectivity index (χ1v) is 9.60. The summed E-state index contributed by atoms with van der Waals surface area (Å²) in [6.45, 7) is -0.0594. The van der Waals surface area contributed by atoms with Crippen molar-refractivity contribution in [2.45, 2.75) is 4.90 Å². The molecule has 10 heteroatoms. The second kappa shape index (κ2) is 7.16. The minimum absolute atomic E-state index is 0.0594. The highest BCUT2D eigenvalue weighted by atomic mass is 35.5. The van der Waals surface area contributed by atoms with E-state index in [0.29, 0.717) is 17.2 Å². The number of benzene rings is 2. The monoisotopic (exact) mass is 412 g/mol. The molecule has 1 aliphatic heterocycles. The van der Waals surface area contributed by atoms with Gasteiger partial charge in [-0.3, -0.25) is 9.52 Å². The lowest BCUT2D eigenvalue weighted by Crippen LogP contribution is -2.35. The van der Waals surface area contributed by atoms with Gasteiger partial charge in [0.05, 0.1) is 30.6 Å². The Balaban J connectivity index is 1.98. The Morgan fingerprint density at radius 1 is 1.15 bits per heavy atom. The molecule has 0 saturated carbocycles. The summed E-state index contributed by atoms with van der Waals surface area (Å²) >= 11 is 6.06. The molecular formula is C17H17ClN2O6S. The third-order valence-corrected chi connectivity index (χ3v) is 5.72. The number of fused-ring (bicyclic) bond motifs is 1. The maximum atomic E-state index is 12.8. The van der Waals surface area contributed by atoms with Gasteiger partial charge in [0.2, 0.25) is 0 Å². The minimum atomic E-state index is -4.02. The van der Waals surface area contributed by atoms with Crippen LogP contribution in [0.25, 0.3) is 0 Å². The number of halogens is 1. The van der Waals surface area contributed by atoms with E-state index in [9.17, 15) is 13.2 Å². The Labute approximate surface area is 161 Å². The van der Waals surface area contributed by atoms with Crippen LogP contribution in [0, 0.1) is 0 Å². The van der Waals surface area contributed by atoms with Crippen LogP contribution in [0.4, 0.5) is 11.4 Å². The topological polar surface area (TPSA) is 94.2 Å². The Hall–Kier alpha value is -2.65. The summed E-state index contributed by atoms with van der Waals surface area (Å²) in [6, 6.07) is 7.29. The number of sulfonamides is 1. The molecule has 1 N–H and O–H groups in total. The molecule has 0 aliphatic carbocycles. The zero-order chi connectivity index (χ0) is 19.8. The maximum Gasteiger partial charge on any atom is 0.265 e. The fraction of sp³-hybridized carbons (Fsp3) is 0.235. The normalized spacial score (nSPS) is 13.6. The average Bonchev–Trinajstić information content (AvgIpc) is 2.64. The van der Waals surface area contributed by atoms with Crippen molar-refractivity contribution in [2.75, 3.05) is 37.5 Å². The van der Waals surface area contributed by atoms with Crippen LogP contribution in [-0.2, 0) is 14.8 Å². The van der Waals surface area contributed by atoms with Gasteiger partial charge in [-0.2, -0.15) is 0 Å². The number of ether oxygens (including phenoxy) is 3. The van der Waals surface area contributed by atoms with Crippen LogP contribution >= 0.6 is 11.6 Å². The van der Waals surface area contributed by atoms with E-state index >= 15 is 0 Å². The van der Waals surface area contributed by atoms with Crippen molar-refractivity contribution >= 4 is 38.9 Å². The van der Waals surface area contributed by atoms with E-state index in [0.717, 1.165) is 0 Å². The number of nitrogens with one attached hydrogen (secondary N) is 1. The largest absolute Gasteiger partial charge is 0.495 e. The zero-order valence-corrected chi connectivity index (χ0v) is 16.3. The first-order valence-electron chi connectivity index (χ1n) is 7.74. The third kappa shape index (κ3) is 3.60. The number of hydrogen-bond donors (Lipinski definition) is 1. The van der Waals surface area contributed by atoms with Crippen LogP contribution in [0.5, 0.6) is 17.2 Å². The molecule has 0 bridgehead atoms. The number of amides is 1. The van der Waals surface area contributed by atoms with Crippen LogP contribution in [-0.4, -0.2) is 42.2 Å². The van der Waals surface area contributed by atoms with Gasteiger partial charge in [-0.1, -0.05) is 11.6 Å². The summed E-state index contributed by atoms with van der Waals surface area (Å²) in [6.07, 6.45) is 0. The molecule has 1 amide bonds. The number of carbonyl (C=O) groups is 1. The fourth-order valence-corrected chi connectivity index (χ4v) is 4.12. The Bertz CT molecular complexity index is 1010. The van der Waals surface area contributed by atoms with Crippen LogP contribution in [0.3, 0.4) is 0 Å². The number of methoxy groups -OCH3 is 2. The summed E-state index contributed by atoms with van der Waals surface area (Å²) in [7, 11) is 0.334. The molecule has 144 valence electrons.